The van der Waals surface area contributed by atoms with Crippen molar-refractivity contribution < 1.29 is 19.7 Å². The summed E-state index contributed by atoms with van der Waals surface area (Å²) in [6.45, 7) is 3.81. The molecule has 0 saturated heterocycles. The van der Waals surface area contributed by atoms with Gasteiger partial charge in [-0.1, -0.05) is 17.7 Å². The van der Waals surface area contributed by atoms with Gasteiger partial charge in [0.2, 0.25) is 11.2 Å². The second-order valence-electron chi connectivity index (χ2n) is 5.91. The molecule has 0 fully saturated rings. The van der Waals surface area contributed by atoms with E-state index in [-0.39, 0.29) is 28.2 Å². The standard InChI is InChI=1S/C19H17NO5/c1-10(2)6-7-11-13(21)9-14(22)15-16(23)17(24)19(25-18(11)15)12-5-3-4-8-20-12/h3-6,8-9,21-22,24H,7H2,1-2H3. The molecule has 0 aliphatic heterocycles. The Morgan fingerprint density at radius 3 is 2.60 bits per heavy atom. The largest absolute Gasteiger partial charge is 0.507 e. The second kappa shape index (κ2) is 6.32. The van der Waals surface area contributed by atoms with Crippen LogP contribution in [0.3, 0.4) is 0 Å². The van der Waals surface area contributed by atoms with Crippen LogP contribution in [0, 0.1) is 0 Å². The Labute approximate surface area is 143 Å². The van der Waals surface area contributed by atoms with Crippen molar-refractivity contribution in [1.82, 2.24) is 4.98 Å². The molecule has 2 aromatic heterocycles. The summed E-state index contributed by atoms with van der Waals surface area (Å²) in [5, 5.41) is 30.3. The monoisotopic (exact) mass is 339 g/mol. The molecule has 6 nitrogen and oxygen atoms in total. The lowest BCUT2D eigenvalue weighted by Gasteiger charge is -2.11. The van der Waals surface area contributed by atoms with Gasteiger partial charge in [0.05, 0.1) is 0 Å². The Morgan fingerprint density at radius 2 is 1.96 bits per heavy atom. The molecule has 2 heterocycles. The van der Waals surface area contributed by atoms with Crippen molar-refractivity contribution in [3.63, 3.8) is 0 Å². The minimum Gasteiger partial charge on any atom is -0.507 e. The van der Waals surface area contributed by atoms with Crippen molar-refractivity contribution in [2.24, 2.45) is 0 Å². The van der Waals surface area contributed by atoms with Gasteiger partial charge in [-0.3, -0.25) is 9.78 Å². The highest BCUT2D eigenvalue weighted by Crippen LogP contribution is 2.38. The predicted octanol–water partition coefficient (Wildman–Crippen LogP) is 3.48. The molecular weight excluding hydrogens is 322 g/mol. The third kappa shape index (κ3) is 2.94. The van der Waals surface area contributed by atoms with E-state index < -0.39 is 16.9 Å². The van der Waals surface area contributed by atoms with Crippen LogP contribution in [0.4, 0.5) is 0 Å². The van der Waals surface area contributed by atoms with E-state index in [9.17, 15) is 20.1 Å². The predicted molar refractivity (Wildman–Crippen MR) is 93.8 cm³/mol. The van der Waals surface area contributed by atoms with E-state index in [1.165, 1.54) is 6.20 Å². The molecule has 0 radical (unpaired) electrons. The zero-order valence-electron chi connectivity index (χ0n) is 13.8. The summed E-state index contributed by atoms with van der Waals surface area (Å²) in [5.74, 6) is -1.39. The summed E-state index contributed by atoms with van der Waals surface area (Å²) in [6.07, 6.45) is 3.67. The Kier molecular flexibility index (Phi) is 4.19. The highest BCUT2D eigenvalue weighted by Gasteiger charge is 2.22. The van der Waals surface area contributed by atoms with Crippen molar-refractivity contribution in [3.05, 3.63) is 57.9 Å². The molecule has 3 aromatic rings. The lowest BCUT2D eigenvalue weighted by Crippen LogP contribution is -2.05. The van der Waals surface area contributed by atoms with Gasteiger partial charge < -0.3 is 19.7 Å². The zero-order valence-corrected chi connectivity index (χ0v) is 13.8. The number of rotatable bonds is 3. The zero-order chi connectivity index (χ0) is 18.1. The SMILES string of the molecule is CC(C)=CCc1c(O)cc(O)c2c(=O)c(O)c(-c3ccccn3)oc12. The van der Waals surface area contributed by atoms with E-state index in [1.807, 2.05) is 19.9 Å². The van der Waals surface area contributed by atoms with Gasteiger partial charge in [0.15, 0.2) is 5.76 Å². The van der Waals surface area contributed by atoms with Gasteiger partial charge in [-0.2, -0.15) is 0 Å². The van der Waals surface area contributed by atoms with Crippen molar-refractivity contribution in [2.45, 2.75) is 20.3 Å². The van der Waals surface area contributed by atoms with Gasteiger partial charge in [-0.15, -0.1) is 0 Å². The van der Waals surface area contributed by atoms with Crippen LogP contribution in [0.1, 0.15) is 19.4 Å². The number of pyridine rings is 1. The number of benzene rings is 1. The summed E-state index contributed by atoms with van der Waals surface area (Å²) >= 11 is 0. The Bertz CT molecular complexity index is 1030. The van der Waals surface area contributed by atoms with Gasteiger partial charge in [0.25, 0.3) is 0 Å². The number of hydrogen-bond acceptors (Lipinski definition) is 6. The number of phenols is 2. The molecule has 25 heavy (non-hydrogen) atoms. The van der Waals surface area contributed by atoms with Gasteiger partial charge >= 0.3 is 0 Å². The first-order chi connectivity index (χ1) is 11.9. The lowest BCUT2D eigenvalue weighted by atomic mass is 10.0. The van der Waals surface area contributed by atoms with Gasteiger partial charge in [0.1, 0.15) is 28.2 Å². The van der Waals surface area contributed by atoms with Crippen LogP contribution in [0.15, 0.2) is 51.3 Å². The van der Waals surface area contributed by atoms with E-state index in [1.54, 1.807) is 18.2 Å². The number of allylic oxidation sites excluding steroid dienone is 2. The van der Waals surface area contributed by atoms with Crippen LogP contribution in [-0.2, 0) is 6.42 Å². The number of aromatic hydroxyl groups is 3. The highest BCUT2D eigenvalue weighted by molar-refractivity contribution is 5.90. The lowest BCUT2D eigenvalue weighted by molar-refractivity contribution is 0.435. The average molecular weight is 339 g/mol. The van der Waals surface area contributed by atoms with Crippen molar-refractivity contribution in [2.75, 3.05) is 0 Å². The third-order valence-corrected chi connectivity index (χ3v) is 3.81. The third-order valence-electron chi connectivity index (χ3n) is 3.81. The number of aromatic nitrogens is 1. The summed E-state index contributed by atoms with van der Waals surface area (Å²) in [7, 11) is 0. The van der Waals surface area contributed by atoms with Crippen LogP contribution in [0.2, 0.25) is 0 Å². The Hall–Kier alpha value is -3.28. The van der Waals surface area contributed by atoms with Crippen LogP contribution >= 0.6 is 0 Å². The summed E-state index contributed by atoms with van der Waals surface area (Å²) in [4.78, 5) is 16.6. The summed E-state index contributed by atoms with van der Waals surface area (Å²) < 4.78 is 5.72. The first-order valence-corrected chi connectivity index (χ1v) is 7.68. The summed E-state index contributed by atoms with van der Waals surface area (Å²) in [6, 6.07) is 6.04. The Morgan fingerprint density at radius 1 is 1.20 bits per heavy atom. The first-order valence-electron chi connectivity index (χ1n) is 7.68. The molecule has 0 aliphatic rings. The number of nitrogens with zero attached hydrogens (tertiary/aromatic N) is 1. The molecule has 6 heteroatoms. The van der Waals surface area contributed by atoms with Crippen molar-refractivity contribution in [3.8, 4) is 28.7 Å². The van der Waals surface area contributed by atoms with Crippen molar-refractivity contribution in [1.29, 1.82) is 0 Å². The molecule has 0 unspecified atom stereocenters. The molecule has 3 rings (SSSR count). The van der Waals surface area contributed by atoms with E-state index in [2.05, 4.69) is 4.98 Å². The average Bonchev–Trinajstić information content (AvgIpc) is 2.57. The molecule has 0 amide bonds. The van der Waals surface area contributed by atoms with Crippen LogP contribution in [0.5, 0.6) is 17.2 Å². The smallest absolute Gasteiger partial charge is 0.238 e. The van der Waals surface area contributed by atoms with E-state index in [4.69, 9.17) is 4.42 Å². The molecule has 0 aliphatic carbocycles. The molecule has 3 N–H and O–H groups in total. The van der Waals surface area contributed by atoms with Crippen molar-refractivity contribution >= 4 is 11.0 Å². The number of hydrogen-bond donors (Lipinski definition) is 3. The molecule has 0 saturated carbocycles. The van der Waals surface area contributed by atoms with E-state index in [0.717, 1.165) is 11.6 Å². The number of fused-ring (bicyclic) bond motifs is 1. The van der Waals surface area contributed by atoms with E-state index in [0.29, 0.717) is 12.0 Å². The van der Waals surface area contributed by atoms with Crippen LogP contribution in [-0.4, -0.2) is 20.3 Å². The fourth-order valence-electron chi connectivity index (χ4n) is 2.55. The maximum Gasteiger partial charge on any atom is 0.238 e. The molecule has 0 spiro atoms. The molecule has 1 aromatic carbocycles. The fraction of sp³-hybridized carbons (Fsp3) is 0.158. The normalized spacial score (nSPS) is 10.8. The molecule has 0 bridgehead atoms. The maximum atomic E-state index is 12.6. The maximum absolute atomic E-state index is 12.6. The fourth-order valence-corrected chi connectivity index (χ4v) is 2.55. The quantitative estimate of drug-likeness (QED) is 0.631. The van der Waals surface area contributed by atoms with Gasteiger partial charge in [0, 0.05) is 17.8 Å². The minimum atomic E-state index is -0.780. The second-order valence-corrected chi connectivity index (χ2v) is 5.91. The summed E-state index contributed by atoms with van der Waals surface area (Å²) in [5.41, 5.74) is 0.890. The number of phenolic OH excluding ortho intramolecular Hbond substituents is 2. The Balaban J connectivity index is 2.40. The van der Waals surface area contributed by atoms with Gasteiger partial charge in [-0.05, 0) is 32.4 Å². The first kappa shape index (κ1) is 16.6. The van der Waals surface area contributed by atoms with Crippen LogP contribution in [0.25, 0.3) is 22.4 Å². The molecular formula is C19H17NO5. The van der Waals surface area contributed by atoms with E-state index >= 15 is 0 Å². The topological polar surface area (TPSA) is 104 Å². The highest BCUT2D eigenvalue weighted by atomic mass is 16.4. The molecule has 128 valence electrons. The minimum absolute atomic E-state index is 0.0263. The van der Waals surface area contributed by atoms with Crippen LogP contribution < -0.4 is 5.43 Å². The van der Waals surface area contributed by atoms with Gasteiger partial charge in [-0.25, -0.2) is 0 Å². The molecule has 0 atom stereocenters.